The van der Waals surface area contributed by atoms with Gasteiger partial charge in [-0.1, -0.05) is 0 Å². The highest BCUT2D eigenvalue weighted by atomic mass is 16.5. The van der Waals surface area contributed by atoms with E-state index in [2.05, 4.69) is 15.1 Å². The number of hydrogen-bond donors (Lipinski definition) is 1. The third-order valence-corrected chi connectivity index (χ3v) is 4.12. The van der Waals surface area contributed by atoms with Crippen LogP contribution in [0.5, 0.6) is 0 Å². The van der Waals surface area contributed by atoms with E-state index in [0.717, 1.165) is 17.0 Å². The van der Waals surface area contributed by atoms with Gasteiger partial charge in [-0.05, 0) is 39.7 Å². The van der Waals surface area contributed by atoms with Crippen molar-refractivity contribution in [3.63, 3.8) is 0 Å². The van der Waals surface area contributed by atoms with Crippen molar-refractivity contribution in [3.8, 4) is 0 Å². The summed E-state index contributed by atoms with van der Waals surface area (Å²) < 4.78 is 6.64. The molecule has 0 aliphatic carbocycles. The van der Waals surface area contributed by atoms with Crippen molar-refractivity contribution in [2.75, 3.05) is 25.4 Å². The number of rotatable bonds is 7. The number of hydrogen-bond acceptors (Lipinski definition) is 7. The van der Waals surface area contributed by atoms with E-state index in [4.69, 9.17) is 10.5 Å². The Hall–Kier alpha value is -2.71. The number of amides is 1. The maximum absolute atomic E-state index is 11.9. The molecule has 0 radical (unpaired) electrons. The van der Waals surface area contributed by atoms with E-state index < -0.39 is 5.97 Å². The summed E-state index contributed by atoms with van der Waals surface area (Å²) in [5.74, 6) is -0.0190. The third-order valence-electron chi connectivity index (χ3n) is 4.12. The number of likely N-dealkylation sites (N-methyl/N-ethyl adjacent to an activating group) is 1. The Morgan fingerprint density at radius 1 is 1.20 bits per heavy atom. The molecular formula is C16H24N6O3. The van der Waals surface area contributed by atoms with Gasteiger partial charge in [0.1, 0.15) is 0 Å². The van der Waals surface area contributed by atoms with Crippen LogP contribution in [0.2, 0.25) is 0 Å². The summed E-state index contributed by atoms with van der Waals surface area (Å²) in [7, 11) is 0. The van der Waals surface area contributed by atoms with E-state index in [9.17, 15) is 9.59 Å². The van der Waals surface area contributed by atoms with Crippen LogP contribution in [-0.2, 0) is 20.7 Å². The van der Waals surface area contributed by atoms with Crippen LogP contribution in [0, 0.1) is 13.8 Å². The quantitative estimate of drug-likeness (QED) is 0.731. The minimum atomic E-state index is -0.419. The fourth-order valence-electron chi connectivity index (χ4n) is 2.69. The summed E-state index contributed by atoms with van der Waals surface area (Å²) in [6.45, 7) is 8.46. The van der Waals surface area contributed by atoms with Gasteiger partial charge in [-0.25, -0.2) is 4.98 Å². The number of carbonyl (C=O) groups excluding carboxylic acids is 2. The summed E-state index contributed by atoms with van der Waals surface area (Å²) in [6.07, 6.45) is 0.600. The lowest BCUT2D eigenvalue weighted by molar-refractivity contribution is -0.151. The standard InChI is InChI=1S/C16H24N6O3/c1-5-21(6-2)13(23)9-25-14(24)8-7-12-10(3)18-16-19-15(17)20-22(16)11(12)4/h5-9H2,1-4H3,(H2,17,20). The lowest BCUT2D eigenvalue weighted by Gasteiger charge is -2.18. The lowest BCUT2D eigenvalue weighted by atomic mass is 10.1. The van der Waals surface area contributed by atoms with E-state index in [1.807, 2.05) is 27.7 Å². The lowest BCUT2D eigenvalue weighted by Crippen LogP contribution is -2.34. The van der Waals surface area contributed by atoms with Crippen LogP contribution in [0.4, 0.5) is 5.95 Å². The van der Waals surface area contributed by atoms with Crippen molar-refractivity contribution in [1.29, 1.82) is 0 Å². The van der Waals surface area contributed by atoms with Crippen LogP contribution in [-0.4, -0.2) is 56.1 Å². The summed E-state index contributed by atoms with van der Waals surface area (Å²) in [5, 5.41) is 4.09. The molecule has 0 atom stereocenters. The molecule has 2 heterocycles. The SMILES string of the molecule is CCN(CC)C(=O)COC(=O)CCc1c(C)nc2nc(N)nn2c1C. The van der Waals surface area contributed by atoms with Crippen molar-refractivity contribution in [2.24, 2.45) is 0 Å². The number of nitrogens with two attached hydrogens (primary N) is 1. The Morgan fingerprint density at radius 2 is 1.88 bits per heavy atom. The third kappa shape index (κ3) is 4.23. The molecule has 0 saturated carbocycles. The van der Waals surface area contributed by atoms with Gasteiger partial charge in [0.15, 0.2) is 6.61 Å². The van der Waals surface area contributed by atoms with Gasteiger partial charge in [0.25, 0.3) is 11.7 Å². The van der Waals surface area contributed by atoms with Gasteiger partial charge in [0.2, 0.25) is 5.95 Å². The largest absolute Gasteiger partial charge is 0.456 e. The Kier molecular flexibility index (Phi) is 5.89. The molecule has 0 bridgehead atoms. The number of anilines is 1. The van der Waals surface area contributed by atoms with Gasteiger partial charge in [-0.15, -0.1) is 5.10 Å². The molecule has 0 aliphatic rings. The minimum Gasteiger partial charge on any atom is -0.456 e. The van der Waals surface area contributed by atoms with E-state index in [-0.39, 0.29) is 24.9 Å². The van der Waals surface area contributed by atoms with E-state index in [1.165, 1.54) is 0 Å². The molecule has 0 saturated heterocycles. The van der Waals surface area contributed by atoms with Crippen molar-refractivity contribution in [3.05, 3.63) is 17.0 Å². The first-order chi connectivity index (χ1) is 11.9. The molecule has 0 spiro atoms. The zero-order valence-electron chi connectivity index (χ0n) is 15.1. The fraction of sp³-hybridized carbons (Fsp3) is 0.562. The first-order valence-electron chi connectivity index (χ1n) is 8.29. The number of esters is 1. The topological polar surface area (TPSA) is 116 Å². The average molecular weight is 348 g/mol. The van der Waals surface area contributed by atoms with Crippen molar-refractivity contribution < 1.29 is 14.3 Å². The van der Waals surface area contributed by atoms with Gasteiger partial charge < -0.3 is 15.4 Å². The number of aromatic nitrogens is 4. The smallest absolute Gasteiger partial charge is 0.306 e. The van der Waals surface area contributed by atoms with Crippen molar-refractivity contribution in [1.82, 2.24) is 24.5 Å². The monoisotopic (exact) mass is 348 g/mol. The summed E-state index contributed by atoms with van der Waals surface area (Å²) in [5.41, 5.74) is 8.10. The zero-order chi connectivity index (χ0) is 18.6. The van der Waals surface area contributed by atoms with Gasteiger partial charge >= 0.3 is 5.97 Å². The second kappa shape index (κ2) is 7.91. The van der Waals surface area contributed by atoms with Crippen LogP contribution < -0.4 is 5.73 Å². The van der Waals surface area contributed by atoms with Crippen LogP contribution in [0.25, 0.3) is 5.78 Å². The van der Waals surface area contributed by atoms with Crippen LogP contribution in [0.15, 0.2) is 0 Å². The van der Waals surface area contributed by atoms with E-state index in [0.29, 0.717) is 25.3 Å². The zero-order valence-corrected chi connectivity index (χ0v) is 15.1. The molecule has 9 nitrogen and oxygen atoms in total. The predicted molar refractivity (Wildman–Crippen MR) is 91.9 cm³/mol. The molecule has 0 aromatic carbocycles. The molecule has 2 rings (SSSR count). The van der Waals surface area contributed by atoms with Gasteiger partial charge in [-0.2, -0.15) is 9.50 Å². The number of nitrogens with zero attached hydrogens (tertiary/aromatic N) is 5. The second-order valence-electron chi connectivity index (χ2n) is 5.67. The molecule has 0 unspecified atom stereocenters. The molecule has 2 N–H and O–H groups in total. The Labute approximate surface area is 146 Å². The molecule has 0 fully saturated rings. The highest BCUT2D eigenvalue weighted by Crippen LogP contribution is 2.16. The number of fused-ring (bicyclic) bond motifs is 1. The molecule has 2 aromatic heterocycles. The highest BCUT2D eigenvalue weighted by molar-refractivity contribution is 5.80. The molecule has 136 valence electrons. The molecule has 9 heteroatoms. The van der Waals surface area contributed by atoms with Crippen molar-refractivity contribution in [2.45, 2.75) is 40.5 Å². The molecule has 25 heavy (non-hydrogen) atoms. The van der Waals surface area contributed by atoms with Crippen LogP contribution >= 0.6 is 0 Å². The number of nitrogen functional groups attached to an aromatic ring is 1. The molecule has 1 amide bonds. The summed E-state index contributed by atoms with van der Waals surface area (Å²) >= 11 is 0. The highest BCUT2D eigenvalue weighted by Gasteiger charge is 2.16. The average Bonchev–Trinajstić information content (AvgIpc) is 2.94. The maximum atomic E-state index is 11.9. The normalized spacial score (nSPS) is 10.9. The number of aryl methyl sites for hydroxylation is 2. The molecule has 0 aliphatic heterocycles. The van der Waals surface area contributed by atoms with Gasteiger partial charge in [0, 0.05) is 30.9 Å². The summed E-state index contributed by atoms with van der Waals surface area (Å²) in [6, 6.07) is 0. The van der Waals surface area contributed by atoms with E-state index >= 15 is 0 Å². The Morgan fingerprint density at radius 3 is 2.52 bits per heavy atom. The first kappa shape index (κ1) is 18.6. The Balaban J connectivity index is 1.98. The molecular weight excluding hydrogens is 324 g/mol. The second-order valence-corrected chi connectivity index (χ2v) is 5.67. The Bertz CT molecular complexity index is 782. The van der Waals surface area contributed by atoms with Crippen LogP contribution in [0.1, 0.15) is 37.2 Å². The molecule has 2 aromatic rings. The fourth-order valence-corrected chi connectivity index (χ4v) is 2.69. The van der Waals surface area contributed by atoms with Gasteiger partial charge in [-0.3, -0.25) is 9.59 Å². The first-order valence-corrected chi connectivity index (χ1v) is 8.29. The number of ether oxygens (including phenoxy) is 1. The van der Waals surface area contributed by atoms with Crippen LogP contribution in [0.3, 0.4) is 0 Å². The van der Waals surface area contributed by atoms with Crippen molar-refractivity contribution >= 4 is 23.6 Å². The maximum Gasteiger partial charge on any atom is 0.306 e. The predicted octanol–water partition coefficient (Wildman–Crippen LogP) is 0.668. The van der Waals surface area contributed by atoms with Gasteiger partial charge in [0.05, 0.1) is 0 Å². The van der Waals surface area contributed by atoms with E-state index in [1.54, 1.807) is 9.42 Å². The number of carbonyl (C=O) groups is 2. The minimum absolute atomic E-state index is 0.154. The summed E-state index contributed by atoms with van der Waals surface area (Å²) in [4.78, 5) is 33.8.